The summed E-state index contributed by atoms with van der Waals surface area (Å²) in [5.74, 6) is 1.16. The van der Waals surface area contributed by atoms with Gasteiger partial charge in [-0.25, -0.2) is 4.98 Å². The maximum Gasteiger partial charge on any atom is 0.273 e. The number of ether oxygens (including phenoxy) is 1. The second-order valence-electron chi connectivity index (χ2n) is 11.1. The molecule has 3 heterocycles. The molecule has 6 nitrogen and oxygen atoms in total. The minimum Gasteiger partial charge on any atom is -0.493 e. The molecular formula is C32H39N3O3S. The van der Waals surface area contributed by atoms with Crippen LogP contribution in [0.2, 0.25) is 0 Å². The molecule has 0 aliphatic carbocycles. The molecule has 2 aliphatic heterocycles. The minimum atomic E-state index is 0.0299. The summed E-state index contributed by atoms with van der Waals surface area (Å²) >= 11 is 1.56. The second-order valence-corrected chi connectivity index (χ2v) is 12.0. The van der Waals surface area contributed by atoms with Crippen molar-refractivity contribution in [3.63, 3.8) is 0 Å². The van der Waals surface area contributed by atoms with Crippen LogP contribution in [0.1, 0.15) is 71.6 Å². The highest BCUT2D eigenvalue weighted by molar-refractivity contribution is 7.09. The summed E-state index contributed by atoms with van der Waals surface area (Å²) in [4.78, 5) is 34.9. The van der Waals surface area contributed by atoms with Crippen molar-refractivity contribution in [2.75, 3.05) is 33.3 Å². The third kappa shape index (κ3) is 7.07. The van der Waals surface area contributed by atoms with Crippen LogP contribution in [0, 0.1) is 5.41 Å². The van der Waals surface area contributed by atoms with Crippen molar-refractivity contribution in [1.82, 2.24) is 14.8 Å². The first-order valence-corrected chi connectivity index (χ1v) is 15.1. The fourth-order valence-corrected chi connectivity index (χ4v) is 6.75. The Morgan fingerprint density at radius 2 is 1.74 bits per heavy atom. The van der Waals surface area contributed by atoms with Crippen molar-refractivity contribution >= 4 is 23.2 Å². The van der Waals surface area contributed by atoms with E-state index in [1.165, 1.54) is 11.1 Å². The molecule has 39 heavy (non-hydrogen) atoms. The van der Waals surface area contributed by atoms with Gasteiger partial charge in [-0.1, -0.05) is 55.0 Å². The first kappa shape index (κ1) is 27.4. The average Bonchev–Trinajstić information content (AvgIpc) is 3.42. The minimum absolute atomic E-state index is 0.0299. The zero-order chi connectivity index (χ0) is 27.1. The molecule has 2 aromatic carbocycles. The van der Waals surface area contributed by atoms with Crippen molar-refractivity contribution in [3.8, 4) is 5.75 Å². The first-order chi connectivity index (χ1) is 19.0. The molecule has 206 valence electrons. The Morgan fingerprint density at radius 3 is 2.56 bits per heavy atom. The third-order valence-electron chi connectivity index (χ3n) is 8.25. The lowest BCUT2D eigenvalue weighted by atomic mass is 9.73. The standard InChI is InChI=1S/C32H39N3O3S/c1-34-24-32(16-8-7-13-26-12-5-6-14-28(26)38-21-9-15-30(34)36)17-19-35(20-18-32)31(37)27-23-39-29(33-27)22-25-10-3-2-4-11-25/h2-6,10-12,14,23H,7-9,13,15-22,24H2,1H3. The van der Waals surface area contributed by atoms with E-state index < -0.39 is 0 Å². The number of thiazole rings is 1. The van der Waals surface area contributed by atoms with Gasteiger partial charge in [-0.15, -0.1) is 11.3 Å². The molecule has 0 saturated carbocycles. The molecule has 7 heteroatoms. The number of carbonyl (C=O) groups is 2. The molecule has 1 aromatic heterocycles. The number of fused-ring (bicyclic) bond motifs is 1. The molecule has 0 N–H and O–H groups in total. The summed E-state index contributed by atoms with van der Waals surface area (Å²) in [7, 11) is 1.94. The van der Waals surface area contributed by atoms with Crippen molar-refractivity contribution in [1.29, 1.82) is 0 Å². The van der Waals surface area contributed by atoms with Crippen molar-refractivity contribution in [2.24, 2.45) is 5.41 Å². The second kappa shape index (κ2) is 12.8. The van der Waals surface area contributed by atoms with Gasteiger partial charge in [0, 0.05) is 44.9 Å². The van der Waals surface area contributed by atoms with Crippen molar-refractivity contribution in [2.45, 2.75) is 57.8 Å². The molecule has 0 unspecified atom stereocenters. The van der Waals surface area contributed by atoms with E-state index in [-0.39, 0.29) is 17.2 Å². The molecule has 1 fully saturated rings. The monoisotopic (exact) mass is 545 g/mol. The number of hydrogen-bond donors (Lipinski definition) is 0. The third-order valence-corrected chi connectivity index (χ3v) is 9.10. The highest BCUT2D eigenvalue weighted by atomic mass is 32.1. The molecule has 3 aromatic rings. The average molecular weight is 546 g/mol. The van der Waals surface area contributed by atoms with Gasteiger partial charge >= 0.3 is 0 Å². The molecule has 5 rings (SSSR count). The van der Waals surface area contributed by atoms with E-state index in [0.29, 0.717) is 38.2 Å². The number of likely N-dealkylation sites (tertiary alicyclic amines) is 1. The van der Waals surface area contributed by atoms with Crippen LogP contribution in [-0.2, 0) is 17.6 Å². The van der Waals surface area contributed by atoms with E-state index in [4.69, 9.17) is 4.74 Å². The Labute approximate surface area is 236 Å². The zero-order valence-corrected chi connectivity index (χ0v) is 23.8. The molecule has 0 atom stereocenters. The topological polar surface area (TPSA) is 62.7 Å². The van der Waals surface area contributed by atoms with E-state index in [1.54, 1.807) is 11.3 Å². The number of amides is 2. The fourth-order valence-electron chi connectivity index (χ4n) is 5.95. The molecule has 1 spiro atoms. The number of nitrogens with zero attached hydrogens (tertiary/aromatic N) is 3. The number of aryl methyl sites for hydroxylation is 1. The van der Waals surface area contributed by atoms with E-state index in [9.17, 15) is 9.59 Å². The predicted molar refractivity (Wildman–Crippen MR) is 155 cm³/mol. The summed E-state index contributed by atoms with van der Waals surface area (Å²) in [6.45, 7) is 2.73. The van der Waals surface area contributed by atoms with Crippen LogP contribution in [0.15, 0.2) is 60.0 Å². The number of piperidine rings is 1. The summed E-state index contributed by atoms with van der Waals surface area (Å²) in [5.41, 5.74) is 3.06. The SMILES string of the molecule is CN1CC2(CCCCc3ccccc3OCCCC1=O)CCN(C(=O)c1csc(Cc3ccccc3)n1)CC2. The maximum absolute atomic E-state index is 13.3. The van der Waals surface area contributed by atoms with E-state index in [1.807, 2.05) is 52.6 Å². The Balaban J connectivity index is 1.22. The van der Waals surface area contributed by atoms with E-state index >= 15 is 0 Å². The Hall–Kier alpha value is -3.19. The lowest BCUT2D eigenvalue weighted by Crippen LogP contribution is -2.48. The van der Waals surface area contributed by atoms with Gasteiger partial charge in [0.15, 0.2) is 0 Å². The molecule has 1 saturated heterocycles. The van der Waals surface area contributed by atoms with Crippen molar-refractivity contribution < 1.29 is 14.3 Å². The first-order valence-electron chi connectivity index (χ1n) is 14.2. The van der Waals surface area contributed by atoms with Gasteiger partial charge in [0.2, 0.25) is 5.91 Å². The number of benzene rings is 2. The summed E-state index contributed by atoms with van der Waals surface area (Å²) in [6.07, 6.45) is 8.03. The van der Waals surface area contributed by atoms with Crippen LogP contribution in [0.25, 0.3) is 0 Å². The van der Waals surface area contributed by atoms with Crippen LogP contribution in [0.5, 0.6) is 5.75 Å². The molecule has 2 aliphatic rings. The maximum atomic E-state index is 13.3. The fraction of sp³-hybridized carbons (Fsp3) is 0.469. The van der Waals surface area contributed by atoms with E-state index in [2.05, 4.69) is 29.2 Å². The zero-order valence-electron chi connectivity index (χ0n) is 22.9. The Kier molecular flexibility index (Phi) is 8.97. The van der Waals surface area contributed by atoms with Crippen LogP contribution in [0.4, 0.5) is 0 Å². The highest BCUT2D eigenvalue weighted by Gasteiger charge is 2.37. The van der Waals surface area contributed by atoms with Gasteiger partial charge in [-0.05, 0) is 61.1 Å². The van der Waals surface area contributed by atoms with Crippen molar-refractivity contribution in [3.05, 3.63) is 81.8 Å². The van der Waals surface area contributed by atoms with E-state index in [0.717, 1.165) is 62.2 Å². The van der Waals surface area contributed by atoms with Gasteiger partial charge in [-0.2, -0.15) is 0 Å². The number of hydrogen-bond acceptors (Lipinski definition) is 5. The smallest absolute Gasteiger partial charge is 0.273 e. The number of rotatable bonds is 3. The summed E-state index contributed by atoms with van der Waals surface area (Å²) < 4.78 is 6.02. The highest BCUT2D eigenvalue weighted by Crippen LogP contribution is 2.38. The molecule has 2 amide bonds. The van der Waals surface area contributed by atoms with Gasteiger partial charge in [0.1, 0.15) is 11.4 Å². The molecular weight excluding hydrogens is 506 g/mol. The molecule has 0 bridgehead atoms. The number of aromatic nitrogens is 1. The molecule has 0 radical (unpaired) electrons. The lowest BCUT2D eigenvalue weighted by molar-refractivity contribution is -0.132. The number of carbonyl (C=O) groups excluding carboxylic acids is 2. The van der Waals surface area contributed by atoms with Crippen LogP contribution < -0.4 is 4.74 Å². The quantitative estimate of drug-likeness (QED) is 0.405. The normalized spacial score (nSPS) is 18.7. The largest absolute Gasteiger partial charge is 0.493 e. The summed E-state index contributed by atoms with van der Waals surface area (Å²) in [5, 5.41) is 2.87. The Bertz CT molecular complexity index is 1250. The van der Waals surface area contributed by atoms with Gasteiger partial charge < -0.3 is 14.5 Å². The predicted octanol–water partition coefficient (Wildman–Crippen LogP) is 6.00. The summed E-state index contributed by atoms with van der Waals surface area (Å²) in [6, 6.07) is 18.5. The van der Waals surface area contributed by atoms with Gasteiger partial charge in [0.25, 0.3) is 5.91 Å². The van der Waals surface area contributed by atoms with Gasteiger partial charge in [0.05, 0.1) is 11.6 Å². The Morgan fingerprint density at radius 1 is 0.974 bits per heavy atom. The van der Waals surface area contributed by atoms with Crippen LogP contribution in [-0.4, -0.2) is 59.9 Å². The van der Waals surface area contributed by atoms with Crippen LogP contribution in [0.3, 0.4) is 0 Å². The van der Waals surface area contributed by atoms with Gasteiger partial charge in [-0.3, -0.25) is 9.59 Å². The number of para-hydroxylation sites is 1. The lowest BCUT2D eigenvalue weighted by Gasteiger charge is -2.44. The van der Waals surface area contributed by atoms with Crippen LogP contribution >= 0.6 is 11.3 Å².